The van der Waals surface area contributed by atoms with E-state index >= 15 is 0 Å². The molecule has 1 aliphatic heterocycles. The number of aryl methyl sites for hydroxylation is 1. The fourth-order valence-electron chi connectivity index (χ4n) is 4.17. The van der Waals surface area contributed by atoms with Gasteiger partial charge in [0.15, 0.2) is 0 Å². The maximum Gasteiger partial charge on any atom is 0.407 e. The molecule has 4 heteroatoms. The van der Waals surface area contributed by atoms with E-state index < -0.39 is 11.7 Å². The first-order chi connectivity index (χ1) is 10.9. The summed E-state index contributed by atoms with van der Waals surface area (Å²) in [5.74, 6) is 6.08. The summed E-state index contributed by atoms with van der Waals surface area (Å²) in [4.78, 5) is 13.0. The Morgan fingerprint density at radius 1 is 1.43 bits per heavy atom. The van der Waals surface area contributed by atoms with Crippen LogP contribution in [0.25, 0.3) is 0 Å². The van der Waals surface area contributed by atoms with Crippen LogP contribution in [0.2, 0.25) is 0 Å². The highest BCUT2D eigenvalue weighted by molar-refractivity contribution is 5.66. The molecule has 1 aromatic rings. The van der Waals surface area contributed by atoms with E-state index in [9.17, 15) is 15.0 Å². The molecule has 0 spiro atoms. The molecule has 2 aliphatic rings. The highest BCUT2D eigenvalue weighted by atomic mass is 16.4. The Balaban J connectivity index is 1.89. The monoisotopic (exact) mass is 313 g/mol. The van der Waals surface area contributed by atoms with Crippen molar-refractivity contribution in [3.8, 4) is 11.8 Å². The van der Waals surface area contributed by atoms with Crippen molar-refractivity contribution in [2.24, 2.45) is 5.92 Å². The second kappa shape index (κ2) is 5.90. The van der Waals surface area contributed by atoms with Crippen LogP contribution in [0.3, 0.4) is 0 Å². The summed E-state index contributed by atoms with van der Waals surface area (Å²) in [6, 6.07) is 7.72. The molecule has 1 saturated carbocycles. The molecule has 0 aromatic heterocycles. The fourth-order valence-corrected chi connectivity index (χ4v) is 4.17. The molecule has 0 radical (unpaired) electrons. The minimum absolute atomic E-state index is 0.0621. The highest BCUT2D eigenvalue weighted by Crippen LogP contribution is 2.45. The zero-order valence-corrected chi connectivity index (χ0v) is 13.6. The first-order valence-electron chi connectivity index (χ1n) is 8.24. The molecule has 1 amide bonds. The van der Waals surface area contributed by atoms with Crippen LogP contribution in [0, 0.1) is 24.7 Å². The Bertz CT molecular complexity index is 675. The first kappa shape index (κ1) is 15.9. The molecular weight excluding hydrogens is 290 g/mol. The van der Waals surface area contributed by atoms with Crippen LogP contribution in [0.15, 0.2) is 24.3 Å². The number of hydrogen-bond acceptors (Lipinski definition) is 2. The minimum Gasteiger partial charge on any atom is -0.465 e. The average Bonchev–Trinajstić information content (AvgIpc) is 2.83. The third-order valence-corrected chi connectivity index (χ3v) is 5.23. The van der Waals surface area contributed by atoms with Gasteiger partial charge in [-0.2, -0.15) is 0 Å². The van der Waals surface area contributed by atoms with Gasteiger partial charge in [-0.15, -0.1) is 0 Å². The molecule has 2 N–H and O–H groups in total. The number of aliphatic hydroxyl groups is 1. The van der Waals surface area contributed by atoms with E-state index in [4.69, 9.17) is 0 Å². The van der Waals surface area contributed by atoms with Gasteiger partial charge in [-0.25, -0.2) is 4.79 Å². The van der Waals surface area contributed by atoms with Gasteiger partial charge in [0.1, 0.15) is 5.60 Å². The molecule has 4 atom stereocenters. The number of benzene rings is 1. The lowest BCUT2D eigenvalue weighted by Gasteiger charge is -2.39. The third kappa shape index (κ3) is 2.94. The van der Waals surface area contributed by atoms with E-state index in [1.165, 1.54) is 4.90 Å². The van der Waals surface area contributed by atoms with Crippen LogP contribution in [0.1, 0.15) is 43.7 Å². The number of amides is 1. The molecule has 122 valence electrons. The summed E-state index contributed by atoms with van der Waals surface area (Å²) in [5.41, 5.74) is 0.934. The Morgan fingerprint density at radius 3 is 2.91 bits per heavy atom. The van der Waals surface area contributed by atoms with E-state index in [0.29, 0.717) is 12.8 Å². The summed E-state index contributed by atoms with van der Waals surface area (Å²) in [6.07, 6.45) is 2.02. The molecule has 1 aromatic carbocycles. The molecular formula is C19H23NO3. The SMILES string of the molecule is Cc1cccc(C#C[C@]2(O)CCC[C@@H]3[C@H]2CC(C)N3C(=O)O)c1. The topological polar surface area (TPSA) is 60.8 Å². The number of nitrogens with zero attached hydrogens (tertiary/aromatic N) is 1. The maximum atomic E-state index is 11.5. The number of fused-ring (bicyclic) bond motifs is 1. The van der Waals surface area contributed by atoms with E-state index in [1.807, 2.05) is 38.1 Å². The zero-order chi connectivity index (χ0) is 16.6. The van der Waals surface area contributed by atoms with Gasteiger partial charge in [0.05, 0.1) is 0 Å². The molecule has 2 fully saturated rings. The smallest absolute Gasteiger partial charge is 0.407 e. The summed E-state index contributed by atoms with van der Waals surface area (Å²) < 4.78 is 0. The van der Waals surface area contributed by atoms with E-state index in [2.05, 4.69) is 11.8 Å². The van der Waals surface area contributed by atoms with Gasteiger partial charge < -0.3 is 15.1 Å². The standard InChI is InChI=1S/C19H23NO3/c1-13-5-3-6-15(11-13)8-10-19(23)9-4-7-17-16(19)12-14(2)20(17)18(21)22/h3,5-6,11,14,16-17,23H,4,7,9,12H2,1-2H3,(H,21,22)/t14?,16-,17-,19-/m1/s1. The largest absolute Gasteiger partial charge is 0.465 e. The van der Waals surface area contributed by atoms with E-state index in [-0.39, 0.29) is 18.0 Å². The summed E-state index contributed by atoms with van der Waals surface area (Å²) >= 11 is 0. The molecule has 4 nitrogen and oxygen atoms in total. The molecule has 1 heterocycles. The van der Waals surface area contributed by atoms with Gasteiger partial charge in [0.25, 0.3) is 0 Å². The molecule has 0 bridgehead atoms. The predicted octanol–water partition coefficient (Wildman–Crippen LogP) is 3.02. The lowest BCUT2D eigenvalue weighted by atomic mass is 9.72. The predicted molar refractivity (Wildman–Crippen MR) is 88.1 cm³/mol. The van der Waals surface area contributed by atoms with E-state index in [0.717, 1.165) is 24.0 Å². The zero-order valence-electron chi connectivity index (χ0n) is 13.6. The van der Waals surface area contributed by atoms with Crippen molar-refractivity contribution in [1.82, 2.24) is 4.90 Å². The van der Waals surface area contributed by atoms with Crippen molar-refractivity contribution in [2.45, 2.75) is 57.2 Å². The van der Waals surface area contributed by atoms with Crippen molar-refractivity contribution >= 4 is 6.09 Å². The third-order valence-electron chi connectivity index (χ3n) is 5.23. The van der Waals surface area contributed by atoms with Gasteiger partial charge >= 0.3 is 6.09 Å². The summed E-state index contributed by atoms with van der Waals surface area (Å²) in [5, 5.41) is 20.5. The van der Waals surface area contributed by atoms with Crippen LogP contribution in [-0.2, 0) is 0 Å². The Hall–Kier alpha value is -1.99. The maximum absolute atomic E-state index is 11.5. The van der Waals surface area contributed by atoms with Gasteiger partial charge in [-0.1, -0.05) is 24.0 Å². The molecule has 1 saturated heterocycles. The van der Waals surface area contributed by atoms with Crippen LogP contribution in [0.4, 0.5) is 4.79 Å². The molecule has 1 aliphatic carbocycles. The normalized spacial score (nSPS) is 32.8. The number of likely N-dealkylation sites (tertiary alicyclic amines) is 1. The Morgan fingerprint density at radius 2 is 2.22 bits per heavy atom. The van der Waals surface area contributed by atoms with Crippen LogP contribution >= 0.6 is 0 Å². The quantitative estimate of drug-likeness (QED) is 0.724. The molecule has 3 rings (SSSR count). The van der Waals surface area contributed by atoms with Gasteiger partial charge in [0.2, 0.25) is 0 Å². The van der Waals surface area contributed by atoms with Crippen molar-refractivity contribution in [3.63, 3.8) is 0 Å². The van der Waals surface area contributed by atoms with Crippen molar-refractivity contribution in [1.29, 1.82) is 0 Å². The van der Waals surface area contributed by atoms with Crippen molar-refractivity contribution in [3.05, 3.63) is 35.4 Å². The Kier molecular flexibility index (Phi) is 4.08. The Labute approximate surface area is 137 Å². The molecule has 23 heavy (non-hydrogen) atoms. The summed E-state index contributed by atoms with van der Waals surface area (Å²) in [6.45, 7) is 3.93. The highest BCUT2D eigenvalue weighted by Gasteiger charge is 2.52. The van der Waals surface area contributed by atoms with Gasteiger partial charge in [-0.05, 0) is 57.2 Å². The van der Waals surface area contributed by atoms with Crippen LogP contribution < -0.4 is 0 Å². The van der Waals surface area contributed by atoms with E-state index in [1.54, 1.807) is 0 Å². The lowest BCUT2D eigenvalue weighted by molar-refractivity contribution is -0.0128. The first-order valence-corrected chi connectivity index (χ1v) is 8.24. The average molecular weight is 313 g/mol. The number of hydrogen-bond donors (Lipinski definition) is 2. The van der Waals surface area contributed by atoms with Crippen LogP contribution in [0.5, 0.6) is 0 Å². The summed E-state index contributed by atoms with van der Waals surface area (Å²) in [7, 11) is 0. The molecule has 1 unspecified atom stereocenters. The van der Waals surface area contributed by atoms with Gasteiger partial charge in [0, 0.05) is 23.6 Å². The van der Waals surface area contributed by atoms with Crippen molar-refractivity contribution < 1.29 is 15.0 Å². The second-order valence-corrected chi connectivity index (χ2v) is 6.88. The lowest BCUT2D eigenvalue weighted by Crippen LogP contribution is -2.49. The number of rotatable bonds is 0. The fraction of sp³-hybridized carbons (Fsp3) is 0.526. The number of carbonyl (C=O) groups is 1. The van der Waals surface area contributed by atoms with Crippen LogP contribution in [-0.4, -0.2) is 38.9 Å². The van der Waals surface area contributed by atoms with Gasteiger partial charge in [-0.3, -0.25) is 0 Å². The minimum atomic E-state index is -1.09. The van der Waals surface area contributed by atoms with Crippen molar-refractivity contribution in [2.75, 3.05) is 0 Å². The number of carboxylic acid groups (broad SMARTS) is 1. The second-order valence-electron chi connectivity index (χ2n) is 6.88.